The Kier molecular flexibility index (Phi) is 6.45. The second kappa shape index (κ2) is 9.62. The van der Waals surface area contributed by atoms with E-state index in [4.69, 9.17) is 9.47 Å². The maximum atomic E-state index is 13.3. The smallest absolute Gasteiger partial charge is 0.244 e. The fourth-order valence-electron chi connectivity index (χ4n) is 3.69. The number of carbonyl (C=O) groups excluding carboxylic acids is 2. The van der Waals surface area contributed by atoms with E-state index < -0.39 is 11.2 Å². The molecule has 34 heavy (non-hydrogen) atoms. The molecule has 0 radical (unpaired) electrons. The zero-order chi connectivity index (χ0) is 24.2. The molecule has 1 heterocycles. The van der Waals surface area contributed by atoms with Crippen molar-refractivity contribution < 1.29 is 19.1 Å². The van der Waals surface area contributed by atoms with Crippen molar-refractivity contribution in [3.63, 3.8) is 0 Å². The number of carbonyl (C=O) groups is 2. The summed E-state index contributed by atoms with van der Waals surface area (Å²) in [5, 5.41) is 3.13. The highest BCUT2D eigenvalue weighted by Gasteiger charge is 2.19. The Morgan fingerprint density at radius 2 is 1.53 bits per heavy atom. The number of amides is 1. The van der Waals surface area contributed by atoms with Gasteiger partial charge in [0.2, 0.25) is 11.3 Å². The molecule has 7 heteroatoms. The van der Waals surface area contributed by atoms with Gasteiger partial charge in [-0.05, 0) is 49.4 Å². The first-order chi connectivity index (χ1) is 16.4. The maximum Gasteiger partial charge on any atom is 0.244 e. The molecular formula is C27H24N2O5. The highest BCUT2D eigenvalue weighted by molar-refractivity contribution is 6.10. The lowest BCUT2D eigenvalue weighted by molar-refractivity contribution is -0.116. The van der Waals surface area contributed by atoms with Gasteiger partial charge in [0.1, 0.15) is 18.0 Å². The van der Waals surface area contributed by atoms with Gasteiger partial charge >= 0.3 is 0 Å². The number of rotatable bonds is 7. The van der Waals surface area contributed by atoms with Gasteiger partial charge in [-0.1, -0.05) is 29.8 Å². The van der Waals surface area contributed by atoms with Crippen LogP contribution in [-0.4, -0.2) is 30.5 Å². The van der Waals surface area contributed by atoms with E-state index in [2.05, 4.69) is 5.32 Å². The number of fused-ring (bicyclic) bond motifs is 1. The first kappa shape index (κ1) is 22.8. The predicted molar refractivity (Wildman–Crippen MR) is 131 cm³/mol. The van der Waals surface area contributed by atoms with Crippen LogP contribution >= 0.6 is 0 Å². The van der Waals surface area contributed by atoms with E-state index in [-0.39, 0.29) is 18.0 Å². The summed E-state index contributed by atoms with van der Waals surface area (Å²) in [4.78, 5) is 39.3. The summed E-state index contributed by atoms with van der Waals surface area (Å²) in [6.45, 7) is 1.83. The van der Waals surface area contributed by atoms with E-state index in [9.17, 15) is 14.4 Å². The van der Waals surface area contributed by atoms with Crippen LogP contribution < -0.4 is 20.2 Å². The van der Waals surface area contributed by atoms with E-state index in [1.54, 1.807) is 66.3 Å². The third kappa shape index (κ3) is 4.68. The van der Waals surface area contributed by atoms with Crippen LogP contribution in [0.25, 0.3) is 10.9 Å². The zero-order valence-corrected chi connectivity index (χ0v) is 19.1. The Morgan fingerprint density at radius 1 is 0.882 bits per heavy atom. The minimum absolute atomic E-state index is 0.0122. The summed E-state index contributed by atoms with van der Waals surface area (Å²) in [5.74, 6) is 0.454. The Hall–Kier alpha value is -4.39. The van der Waals surface area contributed by atoms with E-state index in [1.807, 2.05) is 19.1 Å². The highest BCUT2D eigenvalue weighted by atomic mass is 16.5. The van der Waals surface area contributed by atoms with Gasteiger partial charge in [0, 0.05) is 17.4 Å². The SMILES string of the molecule is COc1ccc(NC(=O)Cn2cc(C(=O)c3ccc(C)cc3)c(=O)c3cc(OC)ccc32)cc1. The molecule has 3 aromatic carbocycles. The van der Waals surface area contributed by atoms with E-state index in [1.165, 1.54) is 13.3 Å². The molecule has 0 unspecified atom stereocenters. The number of nitrogens with one attached hydrogen (secondary N) is 1. The van der Waals surface area contributed by atoms with Gasteiger partial charge in [-0.25, -0.2) is 0 Å². The third-order valence-corrected chi connectivity index (χ3v) is 5.53. The quantitative estimate of drug-likeness (QED) is 0.421. The molecule has 0 fully saturated rings. The minimum Gasteiger partial charge on any atom is -0.497 e. The van der Waals surface area contributed by atoms with E-state index in [0.29, 0.717) is 33.7 Å². The number of aryl methyl sites for hydroxylation is 1. The zero-order valence-electron chi connectivity index (χ0n) is 19.1. The second-order valence-electron chi connectivity index (χ2n) is 7.85. The molecule has 1 N–H and O–H groups in total. The molecule has 4 rings (SSSR count). The number of ketones is 1. The number of hydrogen-bond donors (Lipinski definition) is 1. The molecule has 0 spiro atoms. The molecule has 0 aliphatic heterocycles. The number of benzene rings is 3. The van der Waals surface area contributed by atoms with Gasteiger partial charge in [0.05, 0.1) is 30.7 Å². The van der Waals surface area contributed by atoms with Crippen LogP contribution in [0.4, 0.5) is 5.69 Å². The largest absolute Gasteiger partial charge is 0.497 e. The third-order valence-electron chi connectivity index (χ3n) is 5.53. The fraction of sp³-hybridized carbons (Fsp3) is 0.148. The lowest BCUT2D eigenvalue weighted by Gasteiger charge is -2.14. The summed E-state index contributed by atoms with van der Waals surface area (Å²) >= 11 is 0. The van der Waals surface area contributed by atoms with Crippen LogP contribution in [0.15, 0.2) is 77.7 Å². The summed E-state index contributed by atoms with van der Waals surface area (Å²) < 4.78 is 12.0. The van der Waals surface area contributed by atoms with Crippen molar-refractivity contribution in [3.05, 3.63) is 99.8 Å². The molecule has 1 aromatic heterocycles. The number of ether oxygens (including phenoxy) is 2. The van der Waals surface area contributed by atoms with Crippen molar-refractivity contribution in [1.29, 1.82) is 0 Å². The number of hydrogen-bond acceptors (Lipinski definition) is 5. The Bertz CT molecular complexity index is 1420. The Balaban J connectivity index is 1.74. The monoisotopic (exact) mass is 456 g/mol. The van der Waals surface area contributed by atoms with Gasteiger partial charge in [0.25, 0.3) is 0 Å². The van der Waals surface area contributed by atoms with Crippen LogP contribution in [0.3, 0.4) is 0 Å². The molecule has 0 atom stereocenters. The summed E-state index contributed by atoms with van der Waals surface area (Å²) in [6.07, 6.45) is 1.45. The van der Waals surface area contributed by atoms with Crippen molar-refractivity contribution in [2.75, 3.05) is 19.5 Å². The lowest BCUT2D eigenvalue weighted by Crippen LogP contribution is -2.24. The predicted octanol–water partition coefficient (Wildman–Crippen LogP) is 4.20. The van der Waals surface area contributed by atoms with Crippen molar-refractivity contribution in [2.45, 2.75) is 13.5 Å². The van der Waals surface area contributed by atoms with Crippen molar-refractivity contribution in [2.24, 2.45) is 0 Å². The molecule has 0 aliphatic carbocycles. The molecule has 7 nitrogen and oxygen atoms in total. The molecule has 0 saturated heterocycles. The van der Waals surface area contributed by atoms with Gasteiger partial charge in [0.15, 0.2) is 5.78 Å². The number of aromatic nitrogens is 1. The highest BCUT2D eigenvalue weighted by Crippen LogP contribution is 2.21. The van der Waals surface area contributed by atoms with E-state index in [0.717, 1.165) is 5.56 Å². The molecule has 0 bridgehead atoms. The first-order valence-electron chi connectivity index (χ1n) is 10.7. The van der Waals surface area contributed by atoms with Crippen LogP contribution in [0.2, 0.25) is 0 Å². The van der Waals surface area contributed by atoms with Crippen LogP contribution in [0.5, 0.6) is 11.5 Å². The van der Waals surface area contributed by atoms with Crippen molar-refractivity contribution >= 4 is 28.3 Å². The second-order valence-corrected chi connectivity index (χ2v) is 7.85. The maximum absolute atomic E-state index is 13.3. The van der Waals surface area contributed by atoms with Gasteiger partial charge in [-0.15, -0.1) is 0 Å². The number of pyridine rings is 1. The first-order valence-corrected chi connectivity index (χ1v) is 10.7. The number of nitrogens with zero attached hydrogens (tertiary/aromatic N) is 1. The van der Waals surface area contributed by atoms with Crippen molar-refractivity contribution in [1.82, 2.24) is 4.57 Å². The normalized spacial score (nSPS) is 10.7. The average molecular weight is 456 g/mol. The average Bonchev–Trinajstić information content (AvgIpc) is 2.86. The summed E-state index contributed by atoms with van der Waals surface area (Å²) in [6, 6.07) is 19.0. The molecular weight excluding hydrogens is 432 g/mol. The number of anilines is 1. The number of methoxy groups -OCH3 is 2. The Labute approximate surface area is 196 Å². The molecule has 172 valence electrons. The molecule has 4 aromatic rings. The minimum atomic E-state index is -0.411. The topological polar surface area (TPSA) is 86.6 Å². The van der Waals surface area contributed by atoms with Crippen LogP contribution in [-0.2, 0) is 11.3 Å². The standard InChI is InChI=1S/C27H24N2O5/c1-17-4-6-18(7-5-17)26(31)23-15-29(24-13-12-21(34-3)14-22(24)27(23)32)16-25(30)28-19-8-10-20(33-2)11-9-19/h4-15H,16H2,1-3H3,(H,28,30). The summed E-state index contributed by atoms with van der Waals surface area (Å²) in [5.41, 5.74) is 2.12. The van der Waals surface area contributed by atoms with E-state index >= 15 is 0 Å². The lowest BCUT2D eigenvalue weighted by atomic mass is 10.0. The van der Waals surface area contributed by atoms with Crippen molar-refractivity contribution in [3.8, 4) is 11.5 Å². The summed E-state index contributed by atoms with van der Waals surface area (Å²) in [7, 11) is 3.07. The van der Waals surface area contributed by atoms with Gasteiger partial charge < -0.3 is 19.4 Å². The Morgan fingerprint density at radius 3 is 2.18 bits per heavy atom. The molecule has 0 aliphatic rings. The molecule has 1 amide bonds. The van der Waals surface area contributed by atoms with Gasteiger partial charge in [-0.2, -0.15) is 0 Å². The molecule has 0 saturated carbocycles. The van der Waals surface area contributed by atoms with Crippen LogP contribution in [0, 0.1) is 6.92 Å². The fourth-order valence-corrected chi connectivity index (χ4v) is 3.69. The van der Waals surface area contributed by atoms with Crippen LogP contribution in [0.1, 0.15) is 21.5 Å². The van der Waals surface area contributed by atoms with Gasteiger partial charge in [-0.3, -0.25) is 14.4 Å².